The van der Waals surface area contributed by atoms with Crippen LogP contribution in [0.25, 0.3) is 0 Å². The number of nitrogens with zero attached hydrogens (tertiary/aromatic N) is 1. The molecule has 0 spiro atoms. The molecule has 0 aromatic rings. The first-order valence-electron chi connectivity index (χ1n) is 2.71. The van der Waals surface area contributed by atoms with Crippen molar-refractivity contribution in [2.75, 3.05) is 0 Å². The lowest BCUT2D eigenvalue weighted by Crippen LogP contribution is -2.15. The average molecular weight is 135 g/mol. The zero-order chi connectivity index (χ0) is 7.56. The largest absolute Gasteiger partial charge is 0.318 e. The molecule has 1 rings (SSSR count). The maximum absolute atomic E-state index is 10.8. The lowest BCUT2D eigenvalue weighted by molar-refractivity contribution is -0.133. The third-order valence-corrected chi connectivity index (χ3v) is 1.12. The van der Waals surface area contributed by atoms with Crippen LogP contribution in [-0.4, -0.2) is 17.9 Å². The number of carbonyl (C=O) groups is 2. The topological polar surface area (TPSA) is 46.5 Å². The molecule has 0 aromatic heterocycles. The van der Waals surface area contributed by atoms with E-state index in [9.17, 15) is 9.59 Å². The molecule has 3 nitrogen and oxygen atoms in total. The maximum Gasteiger partial charge on any atom is 0.318 e. The van der Waals surface area contributed by atoms with Gasteiger partial charge in [-0.25, -0.2) is 4.99 Å². The Bertz CT molecular complexity index is 261. The molecule has 0 unspecified atom stereocenters. The predicted octanol–water partition coefficient (Wildman–Crippen LogP) is 0.279. The van der Waals surface area contributed by atoms with Crippen LogP contribution in [0.3, 0.4) is 0 Å². The number of Topliss-reactive ketones (excluding diaryl/α,β-unsaturated/α-hetero) is 1. The minimum atomic E-state index is -0.725. The van der Waals surface area contributed by atoms with Crippen LogP contribution < -0.4 is 0 Å². The van der Waals surface area contributed by atoms with Crippen molar-refractivity contribution in [2.45, 2.75) is 0 Å². The van der Waals surface area contributed by atoms with Gasteiger partial charge in [0.2, 0.25) is 0 Å². The highest BCUT2D eigenvalue weighted by molar-refractivity contribution is 6.46. The summed E-state index contributed by atoms with van der Waals surface area (Å²) < 4.78 is 0. The molecule has 0 saturated carbocycles. The van der Waals surface area contributed by atoms with E-state index in [1.54, 1.807) is 0 Å². The first-order chi connectivity index (χ1) is 4.75. The number of hydrogen-bond acceptors (Lipinski definition) is 2. The van der Waals surface area contributed by atoms with Crippen molar-refractivity contribution in [3.63, 3.8) is 0 Å². The van der Waals surface area contributed by atoms with E-state index in [0.717, 1.165) is 0 Å². The van der Waals surface area contributed by atoms with Gasteiger partial charge in [0.05, 0.1) is 0 Å². The first kappa shape index (κ1) is 6.61. The van der Waals surface area contributed by atoms with Crippen molar-refractivity contribution in [1.29, 1.82) is 0 Å². The molecule has 1 heterocycles. The van der Waals surface area contributed by atoms with Crippen molar-refractivity contribution in [2.24, 2.45) is 4.99 Å². The predicted molar refractivity (Wildman–Crippen MR) is 36.8 cm³/mol. The van der Waals surface area contributed by atoms with Crippen LogP contribution in [-0.2, 0) is 9.59 Å². The van der Waals surface area contributed by atoms with Crippen LogP contribution in [0.1, 0.15) is 0 Å². The molecule has 3 heteroatoms. The van der Waals surface area contributed by atoms with Crippen LogP contribution in [0, 0.1) is 0 Å². The molecule has 1 aliphatic heterocycles. The molecule has 0 saturated heterocycles. The molecule has 0 atom stereocenters. The summed E-state index contributed by atoms with van der Waals surface area (Å²) in [7, 11) is 0. The fourth-order valence-electron chi connectivity index (χ4n) is 0.604. The standard InChI is InChI=1S/C7H5NO2/c1-2-5-3-4-8-7(10)6(5)9/h2-4H,1H2. The first-order valence-corrected chi connectivity index (χ1v) is 2.71. The second kappa shape index (κ2) is 2.39. The molecule has 0 aliphatic carbocycles. The van der Waals surface area contributed by atoms with Crippen LogP contribution in [0.15, 0.2) is 29.3 Å². The summed E-state index contributed by atoms with van der Waals surface area (Å²) in [5.74, 6) is -1.31. The van der Waals surface area contributed by atoms with E-state index in [2.05, 4.69) is 11.6 Å². The van der Waals surface area contributed by atoms with E-state index in [-0.39, 0.29) is 0 Å². The second-order valence-corrected chi connectivity index (χ2v) is 1.74. The molecular weight excluding hydrogens is 130 g/mol. The van der Waals surface area contributed by atoms with Gasteiger partial charge in [0, 0.05) is 11.8 Å². The zero-order valence-corrected chi connectivity index (χ0v) is 5.20. The van der Waals surface area contributed by atoms with Gasteiger partial charge in [0.15, 0.2) is 0 Å². The Hall–Kier alpha value is -1.51. The van der Waals surface area contributed by atoms with Crippen molar-refractivity contribution in [1.82, 2.24) is 0 Å². The molecule has 1 amide bonds. The van der Waals surface area contributed by atoms with E-state index in [1.807, 2.05) is 0 Å². The summed E-state index contributed by atoms with van der Waals surface area (Å²) in [6.07, 6.45) is 4.09. The molecule has 50 valence electrons. The highest BCUT2D eigenvalue weighted by Gasteiger charge is 2.17. The molecule has 0 N–H and O–H groups in total. The van der Waals surface area contributed by atoms with Gasteiger partial charge in [-0.05, 0) is 6.08 Å². The van der Waals surface area contributed by atoms with E-state index < -0.39 is 11.7 Å². The van der Waals surface area contributed by atoms with Gasteiger partial charge >= 0.3 is 5.91 Å². The minimum Gasteiger partial charge on any atom is -0.283 e. The Labute approximate surface area is 57.8 Å². The SMILES string of the molecule is C=CC1=CC=NC(=O)C1=O. The summed E-state index contributed by atoms with van der Waals surface area (Å²) in [6.45, 7) is 3.37. The lowest BCUT2D eigenvalue weighted by Gasteiger charge is -1.98. The van der Waals surface area contributed by atoms with Crippen molar-refractivity contribution in [3.05, 3.63) is 24.3 Å². The van der Waals surface area contributed by atoms with Gasteiger partial charge in [-0.1, -0.05) is 12.7 Å². The number of aliphatic imine (C=N–C) groups is 1. The second-order valence-electron chi connectivity index (χ2n) is 1.74. The van der Waals surface area contributed by atoms with Gasteiger partial charge in [0.25, 0.3) is 5.78 Å². The van der Waals surface area contributed by atoms with Crippen LogP contribution in [0.4, 0.5) is 0 Å². The quantitative estimate of drug-likeness (QED) is 0.485. The summed E-state index contributed by atoms with van der Waals surface area (Å²) >= 11 is 0. The van der Waals surface area contributed by atoms with E-state index in [1.165, 1.54) is 18.4 Å². The Morgan fingerprint density at radius 3 is 2.70 bits per heavy atom. The van der Waals surface area contributed by atoms with Gasteiger partial charge < -0.3 is 0 Å². The van der Waals surface area contributed by atoms with E-state index >= 15 is 0 Å². The third-order valence-electron chi connectivity index (χ3n) is 1.12. The molecule has 0 bridgehead atoms. The Morgan fingerprint density at radius 1 is 1.50 bits per heavy atom. The summed E-state index contributed by atoms with van der Waals surface area (Å²) in [5, 5.41) is 0. The van der Waals surface area contributed by atoms with Gasteiger partial charge in [-0.15, -0.1) is 0 Å². The molecular formula is C7H5NO2. The number of amides is 1. The van der Waals surface area contributed by atoms with E-state index in [4.69, 9.17) is 0 Å². The zero-order valence-electron chi connectivity index (χ0n) is 5.20. The third kappa shape index (κ3) is 0.932. The van der Waals surface area contributed by atoms with Gasteiger partial charge in [-0.2, -0.15) is 0 Å². The van der Waals surface area contributed by atoms with Crippen LogP contribution in [0.5, 0.6) is 0 Å². The average Bonchev–Trinajstić information content (AvgIpc) is 1.95. The van der Waals surface area contributed by atoms with Crippen molar-refractivity contribution < 1.29 is 9.59 Å². The minimum absolute atomic E-state index is 0.306. The summed E-state index contributed by atoms with van der Waals surface area (Å²) in [6, 6.07) is 0. The lowest BCUT2D eigenvalue weighted by atomic mass is 10.1. The number of allylic oxidation sites excluding steroid dienone is 2. The fourth-order valence-corrected chi connectivity index (χ4v) is 0.604. The van der Waals surface area contributed by atoms with Gasteiger partial charge in [-0.3, -0.25) is 9.59 Å². The number of hydrogen-bond donors (Lipinski definition) is 0. The molecule has 0 aromatic carbocycles. The van der Waals surface area contributed by atoms with Crippen LogP contribution >= 0.6 is 0 Å². The van der Waals surface area contributed by atoms with E-state index in [0.29, 0.717) is 5.57 Å². The summed E-state index contributed by atoms with van der Waals surface area (Å²) in [5.41, 5.74) is 0.306. The molecule has 0 radical (unpaired) electrons. The maximum atomic E-state index is 10.8. The Morgan fingerprint density at radius 2 is 2.20 bits per heavy atom. The Kier molecular flexibility index (Phi) is 1.58. The normalized spacial score (nSPS) is 17.0. The summed E-state index contributed by atoms with van der Waals surface area (Å²) in [4.78, 5) is 24.6. The highest BCUT2D eigenvalue weighted by Crippen LogP contribution is 2.02. The van der Waals surface area contributed by atoms with Gasteiger partial charge in [0.1, 0.15) is 0 Å². The number of ketones is 1. The monoisotopic (exact) mass is 135 g/mol. The van der Waals surface area contributed by atoms with Crippen molar-refractivity contribution >= 4 is 17.9 Å². The smallest absolute Gasteiger partial charge is 0.283 e. The van der Waals surface area contributed by atoms with Crippen molar-refractivity contribution in [3.8, 4) is 0 Å². The number of dihydropyridines is 1. The van der Waals surface area contributed by atoms with Crippen LogP contribution in [0.2, 0.25) is 0 Å². The number of rotatable bonds is 1. The molecule has 1 aliphatic rings. The fraction of sp³-hybridized carbons (Fsp3) is 0. The number of carbonyl (C=O) groups excluding carboxylic acids is 2. The highest BCUT2D eigenvalue weighted by atomic mass is 16.2. The molecule has 0 fully saturated rings. The Balaban J connectivity index is 3.03. The molecule has 10 heavy (non-hydrogen) atoms.